The Bertz CT molecular complexity index is 360. The predicted octanol–water partition coefficient (Wildman–Crippen LogP) is 1.75. The summed E-state index contributed by atoms with van der Waals surface area (Å²) >= 11 is 0. The first-order valence-electron chi connectivity index (χ1n) is 4.15. The lowest BCUT2D eigenvalue weighted by Gasteiger charge is -2.11. The van der Waals surface area contributed by atoms with Crippen molar-refractivity contribution < 1.29 is 9.13 Å². The summed E-state index contributed by atoms with van der Waals surface area (Å²) in [6.45, 7) is 0. The van der Waals surface area contributed by atoms with Crippen LogP contribution in [0.15, 0.2) is 18.2 Å². The third-order valence-corrected chi connectivity index (χ3v) is 1.92. The van der Waals surface area contributed by atoms with E-state index in [4.69, 9.17) is 15.7 Å². The van der Waals surface area contributed by atoms with E-state index in [9.17, 15) is 4.39 Å². The van der Waals surface area contributed by atoms with Gasteiger partial charge in [0.25, 0.3) is 0 Å². The zero-order chi connectivity index (χ0) is 10.6. The fourth-order valence-electron chi connectivity index (χ4n) is 1.18. The van der Waals surface area contributed by atoms with Gasteiger partial charge in [-0.2, -0.15) is 5.26 Å². The van der Waals surface area contributed by atoms with Crippen molar-refractivity contribution in [2.24, 2.45) is 5.73 Å². The topological polar surface area (TPSA) is 59.0 Å². The van der Waals surface area contributed by atoms with Crippen LogP contribution < -0.4 is 10.5 Å². The molecule has 0 spiro atoms. The molecule has 0 unspecified atom stereocenters. The molecule has 0 fully saturated rings. The van der Waals surface area contributed by atoms with Crippen LogP contribution in [0, 0.1) is 17.1 Å². The molecule has 0 aromatic heterocycles. The van der Waals surface area contributed by atoms with Crippen molar-refractivity contribution in [2.45, 2.75) is 12.5 Å². The molecule has 74 valence electrons. The van der Waals surface area contributed by atoms with Gasteiger partial charge in [0.2, 0.25) is 0 Å². The quantitative estimate of drug-likeness (QED) is 0.797. The lowest BCUT2D eigenvalue weighted by atomic mass is 10.0. The van der Waals surface area contributed by atoms with Crippen LogP contribution in [0.25, 0.3) is 0 Å². The number of halogens is 1. The Labute approximate surface area is 81.9 Å². The minimum Gasteiger partial charge on any atom is -0.494 e. The normalized spacial score (nSPS) is 11.9. The Hall–Kier alpha value is -1.60. The van der Waals surface area contributed by atoms with Crippen LogP contribution in [0.3, 0.4) is 0 Å². The lowest BCUT2D eigenvalue weighted by molar-refractivity contribution is 0.382. The first kappa shape index (κ1) is 10.5. The molecule has 0 aliphatic carbocycles. The third kappa shape index (κ3) is 2.01. The van der Waals surface area contributed by atoms with Gasteiger partial charge in [-0.05, 0) is 6.07 Å². The number of methoxy groups -OCH3 is 1. The van der Waals surface area contributed by atoms with Crippen molar-refractivity contribution in [1.29, 1.82) is 5.26 Å². The highest BCUT2D eigenvalue weighted by atomic mass is 19.1. The highest BCUT2D eigenvalue weighted by molar-refractivity contribution is 5.33. The van der Waals surface area contributed by atoms with E-state index in [1.54, 1.807) is 12.1 Å². The van der Waals surface area contributed by atoms with Gasteiger partial charge in [0, 0.05) is 11.6 Å². The molecule has 0 heterocycles. The number of hydrogen-bond donors (Lipinski definition) is 1. The van der Waals surface area contributed by atoms with E-state index >= 15 is 0 Å². The Kier molecular flexibility index (Phi) is 3.43. The van der Waals surface area contributed by atoms with Crippen LogP contribution in [-0.2, 0) is 0 Å². The Balaban J connectivity index is 3.04. The van der Waals surface area contributed by atoms with Crippen LogP contribution in [-0.4, -0.2) is 7.11 Å². The molecule has 1 atom stereocenters. The highest BCUT2D eigenvalue weighted by Gasteiger charge is 2.14. The number of ether oxygens (including phenoxy) is 1. The molecule has 0 radical (unpaired) electrons. The zero-order valence-electron chi connectivity index (χ0n) is 7.83. The van der Waals surface area contributed by atoms with Crippen molar-refractivity contribution >= 4 is 0 Å². The van der Waals surface area contributed by atoms with Crippen LogP contribution >= 0.6 is 0 Å². The van der Waals surface area contributed by atoms with Crippen molar-refractivity contribution in [3.8, 4) is 11.8 Å². The SMILES string of the molecule is COc1cccc([C@@H](N)CC#N)c1F. The third-order valence-electron chi connectivity index (χ3n) is 1.92. The molecule has 0 amide bonds. The maximum absolute atomic E-state index is 13.5. The van der Waals surface area contributed by atoms with Gasteiger partial charge in [0.15, 0.2) is 11.6 Å². The van der Waals surface area contributed by atoms with Gasteiger partial charge in [-0.3, -0.25) is 0 Å². The van der Waals surface area contributed by atoms with Crippen molar-refractivity contribution in [3.63, 3.8) is 0 Å². The van der Waals surface area contributed by atoms with Gasteiger partial charge in [0.05, 0.1) is 19.6 Å². The average Bonchev–Trinajstić information content (AvgIpc) is 2.18. The molecule has 2 N–H and O–H groups in total. The van der Waals surface area contributed by atoms with E-state index < -0.39 is 11.9 Å². The van der Waals surface area contributed by atoms with Crippen LogP contribution in [0.5, 0.6) is 5.75 Å². The van der Waals surface area contributed by atoms with Gasteiger partial charge in [-0.15, -0.1) is 0 Å². The van der Waals surface area contributed by atoms with Crippen LogP contribution in [0.4, 0.5) is 4.39 Å². The van der Waals surface area contributed by atoms with Gasteiger partial charge < -0.3 is 10.5 Å². The summed E-state index contributed by atoms with van der Waals surface area (Å²) < 4.78 is 18.3. The minimum atomic E-state index is -0.602. The minimum absolute atomic E-state index is 0.0874. The summed E-state index contributed by atoms with van der Waals surface area (Å²) in [4.78, 5) is 0. The van der Waals surface area contributed by atoms with Gasteiger partial charge >= 0.3 is 0 Å². The molecule has 4 heteroatoms. The maximum atomic E-state index is 13.5. The maximum Gasteiger partial charge on any atom is 0.169 e. The average molecular weight is 194 g/mol. The summed E-state index contributed by atoms with van der Waals surface area (Å²) in [5, 5.41) is 8.43. The smallest absolute Gasteiger partial charge is 0.169 e. The van der Waals surface area contributed by atoms with Gasteiger partial charge in [-0.1, -0.05) is 12.1 Å². The van der Waals surface area contributed by atoms with Crippen LogP contribution in [0.1, 0.15) is 18.0 Å². The van der Waals surface area contributed by atoms with E-state index in [1.165, 1.54) is 13.2 Å². The number of nitrogens with zero attached hydrogens (tertiary/aromatic N) is 1. The largest absolute Gasteiger partial charge is 0.494 e. The highest BCUT2D eigenvalue weighted by Crippen LogP contribution is 2.24. The molecule has 0 saturated heterocycles. The van der Waals surface area contributed by atoms with Gasteiger partial charge in [-0.25, -0.2) is 4.39 Å². The molecule has 0 saturated carbocycles. The molecule has 1 aromatic carbocycles. The molecule has 0 aliphatic heterocycles. The summed E-state index contributed by atoms with van der Waals surface area (Å²) in [6, 6.07) is 6.01. The first-order chi connectivity index (χ1) is 6.70. The zero-order valence-corrected chi connectivity index (χ0v) is 7.83. The lowest BCUT2D eigenvalue weighted by Crippen LogP contribution is -2.11. The number of nitriles is 1. The van der Waals surface area contributed by atoms with E-state index in [0.717, 1.165) is 0 Å². The fourth-order valence-corrected chi connectivity index (χ4v) is 1.18. The number of benzene rings is 1. The van der Waals surface area contributed by atoms with E-state index in [2.05, 4.69) is 0 Å². The standard InChI is InChI=1S/C10H11FN2O/c1-14-9-4-2-3-7(10(9)11)8(13)5-6-12/h2-4,8H,5,13H2,1H3/t8-/m0/s1. The second-order valence-corrected chi connectivity index (χ2v) is 2.83. The van der Waals surface area contributed by atoms with Crippen molar-refractivity contribution in [1.82, 2.24) is 0 Å². The molecule has 0 aliphatic rings. The molecule has 14 heavy (non-hydrogen) atoms. The molecule has 1 aromatic rings. The molecular formula is C10H11FN2O. The second-order valence-electron chi connectivity index (χ2n) is 2.83. The van der Waals surface area contributed by atoms with Crippen LogP contribution in [0.2, 0.25) is 0 Å². The molecule has 1 rings (SSSR count). The van der Waals surface area contributed by atoms with Gasteiger partial charge in [0.1, 0.15) is 0 Å². The Morgan fingerprint density at radius 3 is 2.93 bits per heavy atom. The molecule has 3 nitrogen and oxygen atoms in total. The summed E-state index contributed by atoms with van der Waals surface area (Å²) in [5.41, 5.74) is 5.92. The summed E-state index contributed by atoms with van der Waals surface area (Å²) in [7, 11) is 1.39. The van der Waals surface area contributed by atoms with E-state index in [-0.39, 0.29) is 12.2 Å². The number of hydrogen-bond acceptors (Lipinski definition) is 3. The van der Waals surface area contributed by atoms with E-state index in [1.807, 2.05) is 6.07 Å². The number of nitrogens with two attached hydrogens (primary N) is 1. The Morgan fingerprint density at radius 1 is 1.64 bits per heavy atom. The fraction of sp³-hybridized carbons (Fsp3) is 0.300. The second kappa shape index (κ2) is 4.58. The molecule has 0 bridgehead atoms. The van der Waals surface area contributed by atoms with E-state index in [0.29, 0.717) is 5.56 Å². The summed E-state index contributed by atoms with van der Waals surface area (Å²) in [6.07, 6.45) is 0.0874. The number of rotatable bonds is 3. The van der Waals surface area contributed by atoms with Crippen molar-refractivity contribution in [2.75, 3.05) is 7.11 Å². The molecular weight excluding hydrogens is 183 g/mol. The predicted molar refractivity (Wildman–Crippen MR) is 50.1 cm³/mol. The Morgan fingerprint density at radius 2 is 2.36 bits per heavy atom. The monoisotopic (exact) mass is 194 g/mol. The van der Waals surface area contributed by atoms with Crippen molar-refractivity contribution in [3.05, 3.63) is 29.6 Å². The first-order valence-corrected chi connectivity index (χ1v) is 4.15. The summed E-state index contributed by atoms with van der Waals surface area (Å²) in [5.74, 6) is -0.339.